The molecule has 0 bridgehead atoms. The lowest BCUT2D eigenvalue weighted by Gasteiger charge is -2.07. The second-order valence-corrected chi connectivity index (χ2v) is 7.67. The average Bonchev–Trinajstić information content (AvgIpc) is 3.03. The van der Waals surface area contributed by atoms with E-state index in [0.29, 0.717) is 21.4 Å². The van der Waals surface area contributed by atoms with Gasteiger partial charge in [-0.2, -0.15) is 0 Å². The van der Waals surface area contributed by atoms with Gasteiger partial charge in [-0.15, -0.1) is 11.3 Å². The Balaban J connectivity index is 2.01. The van der Waals surface area contributed by atoms with E-state index < -0.39 is 11.9 Å². The number of hydrogen-bond donors (Lipinski definition) is 1. The van der Waals surface area contributed by atoms with Gasteiger partial charge in [0.25, 0.3) is 5.91 Å². The Morgan fingerprint density at radius 2 is 1.90 bits per heavy atom. The molecule has 7 nitrogen and oxygen atoms in total. The zero-order chi connectivity index (χ0) is 22.0. The van der Waals surface area contributed by atoms with E-state index in [1.54, 1.807) is 26.0 Å². The van der Waals surface area contributed by atoms with E-state index >= 15 is 0 Å². The van der Waals surface area contributed by atoms with E-state index in [1.807, 2.05) is 13.0 Å². The number of ketones is 1. The third-order valence-corrected chi connectivity index (χ3v) is 5.90. The number of nitrogens with one attached hydrogen (secondary N) is 1. The molecule has 0 aliphatic carbocycles. The van der Waals surface area contributed by atoms with E-state index in [9.17, 15) is 19.2 Å². The molecule has 0 aliphatic heterocycles. The van der Waals surface area contributed by atoms with Crippen LogP contribution in [0.5, 0.6) is 0 Å². The van der Waals surface area contributed by atoms with Crippen molar-refractivity contribution >= 4 is 45.0 Å². The lowest BCUT2D eigenvalue weighted by atomic mass is 10.1. The largest absolute Gasteiger partial charge is 0.462 e. The fourth-order valence-corrected chi connectivity index (χ4v) is 4.17. The molecule has 0 radical (unpaired) electrons. The first-order valence-electron chi connectivity index (χ1n) is 9.46. The van der Waals surface area contributed by atoms with Gasteiger partial charge in [-0.05, 0) is 50.5 Å². The van der Waals surface area contributed by atoms with Gasteiger partial charge in [-0.3, -0.25) is 14.4 Å². The maximum Gasteiger partial charge on any atom is 0.341 e. The van der Waals surface area contributed by atoms with Crippen LogP contribution in [0.15, 0.2) is 33.5 Å². The van der Waals surface area contributed by atoms with Crippen molar-refractivity contribution in [3.8, 4) is 0 Å². The van der Waals surface area contributed by atoms with Crippen molar-refractivity contribution in [2.75, 3.05) is 11.9 Å². The molecule has 1 aromatic carbocycles. The van der Waals surface area contributed by atoms with Crippen molar-refractivity contribution in [3.05, 3.63) is 61.8 Å². The molecule has 0 aliphatic rings. The van der Waals surface area contributed by atoms with Crippen molar-refractivity contribution in [1.82, 2.24) is 0 Å². The number of esters is 1. The van der Waals surface area contributed by atoms with Crippen LogP contribution in [0.3, 0.4) is 0 Å². The van der Waals surface area contributed by atoms with Gasteiger partial charge in [0, 0.05) is 6.07 Å². The molecule has 1 N–H and O–H groups in total. The number of Topliss-reactive ketones (excluding diaryl/α,β-unsaturated/α-hetero) is 1. The van der Waals surface area contributed by atoms with Crippen molar-refractivity contribution in [3.63, 3.8) is 0 Å². The number of amides is 1. The quantitative estimate of drug-likeness (QED) is 0.463. The molecule has 3 aromatic rings. The summed E-state index contributed by atoms with van der Waals surface area (Å²) in [6.07, 6.45) is 0.768. The molecule has 2 heterocycles. The summed E-state index contributed by atoms with van der Waals surface area (Å²) in [4.78, 5) is 49.9. The van der Waals surface area contributed by atoms with Gasteiger partial charge in [-0.25, -0.2) is 4.79 Å². The topological polar surface area (TPSA) is 103 Å². The zero-order valence-electron chi connectivity index (χ0n) is 17.1. The molecular formula is C22H21NO6S. The van der Waals surface area contributed by atoms with Gasteiger partial charge in [-0.1, -0.05) is 13.0 Å². The van der Waals surface area contributed by atoms with Crippen LogP contribution in [0.1, 0.15) is 62.5 Å². The summed E-state index contributed by atoms with van der Waals surface area (Å²) in [5.74, 6) is -1.76. The Hall–Kier alpha value is -3.26. The summed E-state index contributed by atoms with van der Waals surface area (Å²) in [5, 5.41) is 3.15. The highest BCUT2D eigenvalue weighted by Crippen LogP contribution is 2.34. The first-order chi connectivity index (χ1) is 14.3. The second-order valence-electron chi connectivity index (χ2n) is 6.65. The van der Waals surface area contributed by atoms with Crippen LogP contribution in [0, 0.1) is 6.92 Å². The van der Waals surface area contributed by atoms with Gasteiger partial charge < -0.3 is 14.5 Å². The molecule has 156 valence electrons. The molecule has 8 heteroatoms. The molecular weight excluding hydrogens is 406 g/mol. The Morgan fingerprint density at radius 1 is 1.17 bits per heavy atom. The number of hydrogen-bond acceptors (Lipinski definition) is 7. The van der Waals surface area contributed by atoms with Crippen molar-refractivity contribution < 1.29 is 23.5 Å². The van der Waals surface area contributed by atoms with Crippen LogP contribution >= 0.6 is 11.3 Å². The zero-order valence-corrected chi connectivity index (χ0v) is 17.9. The Labute approximate surface area is 176 Å². The van der Waals surface area contributed by atoms with Crippen LogP contribution in [0.4, 0.5) is 5.00 Å². The normalized spacial score (nSPS) is 10.8. The molecule has 0 unspecified atom stereocenters. The van der Waals surface area contributed by atoms with Crippen molar-refractivity contribution in [2.45, 2.75) is 34.1 Å². The molecule has 1 amide bonds. The number of benzene rings is 1. The molecule has 0 saturated heterocycles. The fourth-order valence-electron chi connectivity index (χ4n) is 3.09. The van der Waals surface area contributed by atoms with Crippen LogP contribution in [0.2, 0.25) is 0 Å². The van der Waals surface area contributed by atoms with E-state index in [1.165, 1.54) is 6.92 Å². The maximum absolute atomic E-state index is 12.8. The smallest absolute Gasteiger partial charge is 0.341 e. The van der Waals surface area contributed by atoms with Crippen molar-refractivity contribution in [2.24, 2.45) is 0 Å². The molecule has 30 heavy (non-hydrogen) atoms. The highest BCUT2D eigenvalue weighted by molar-refractivity contribution is 7.18. The molecule has 0 fully saturated rings. The predicted octanol–water partition coefficient (Wildman–Crippen LogP) is 4.36. The van der Waals surface area contributed by atoms with Crippen LogP contribution < -0.4 is 10.7 Å². The number of rotatable bonds is 6. The maximum atomic E-state index is 12.8. The monoisotopic (exact) mass is 427 g/mol. The minimum Gasteiger partial charge on any atom is -0.462 e. The van der Waals surface area contributed by atoms with E-state index in [-0.39, 0.29) is 34.1 Å². The second kappa shape index (κ2) is 8.62. The van der Waals surface area contributed by atoms with Crippen molar-refractivity contribution in [1.29, 1.82) is 0 Å². The number of fused-ring (bicyclic) bond motifs is 1. The summed E-state index contributed by atoms with van der Waals surface area (Å²) in [5.41, 5.74) is 1.50. The molecule has 0 saturated carbocycles. The fraction of sp³-hybridized carbons (Fsp3) is 0.273. The minimum absolute atomic E-state index is 0.121. The van der Waals surface area contributed by atoms with Gasteiger partial charge in [0.15, 0.2) is 17.0 Å². The first-order valence-corrected chi connectivity index (χ1v) is 10.3. The number of anilines is 1. The standard InChI is InChI=1S/C22H21NO6S/c1-5-13-7-8-16-14(9-13)15(25)10-17(29-16)20(26)23-21-18(22(27)28-6-2)11(3)19(30-21)12(4)24/h7-10H,5-6H2,1-4H3,(H,23,26). The van der Waals surface area contributed by atoms with E-state index in [4.69, 9.17) is 9.15 Å². The highest BCUT2D eigenvalue weighted by Gasteiger charge is 2.26. The molecule has 0 spiro atoms. The SMILES string of the molecule is CCOC(=O)c1c(NC(=O)c2cc(=O)c3cc(CC)ccc3o2)sc(C(C)=O)c1C. The summed E-state index contributed by atoms with van der Waals surface area (Å²) in [6.45, 7) is 6.79. The lowest BCUT2D eigenvalue weighted by Crippen LogP contribution is -2.17. The van der Waals surface area contributed by atoms with E-state index in [0.717, 1.165) is 29.4 Å². The first kappa shape index (κ1) is 21.4. The Morgan fingerprint density at radius 3 is 2.53 bits per heavy atom. The Bertz CT molecular complexity index is 1220. The number of ether oxygens (including phenoxy) is 1. The molecule has 2 aromatic heterocycles. The van der Waals surface area contributed by atoms with Crippen LogP contribution in [-0.4, -0.2) is 24.3 Å². The van der Waals surface area contributed by atoms with Crippen LogP contribution in [0.25, 0.3) is 11.0 Å². The molecule has 3 rings (SSSR count). The summed E-state index contributed by atoms with van der Waals surface area (Å²) < 4.78 is 10.7. The number of carbonyl (C=O) groups is 3. The van der Waals surface area contributed by atoms with E-state index in [2.05, 4.69) is 5.32 Å². The summed E-state index contributed by atoms with van der Waals surface area (Å²) in [6, 6.07) is 6.34. The Kier molecular flexibility index (Phi) is 6.17. The third-order valence-electron chi connectivity index (χ3n) is 4.60. The van der Waals surface area contributed by atoms with Gasteiger partial charge in [0.1, 0.15) is 10.6 Å². The lowest BCUT2D eigenvalue weighted by molar-refractivity contribution is 0.0527. The minimum atomic E-state index is -0.699. The number of aryl methyl sites for hydroxylation is 1. The summed E-state index contributed by atoms with van der Waals surface area (Å²) in [7, 11) is 0. The molecule has 0 atom stereocenters. The van der Waals surface area contributed by atoms with Gasteiger partial charge >= 0.3 is 5.97 Å². The van der Waals surface area contributed by atoms with Gasteiger partial charge in [0.05, 0.1) is 22.4 Å². The predicted molar refractivity (Wildman–Crippen MR) is 115 cm³/mol. The third kappa shape index (κ3) is 4.04. The average molecular weight is 427 g/mol. The number of thiophene rings is 1. The number of carbonyl (C=O) groups excluding carboxylic acids is 3. The van der Waals surface area contributed by atoms with Crippen LogP contribution in [-0.2, 0) is 11.2 Å². The highest BCUT2D eigenvalue weighted by atomic mass is 32.1. The van der Waals surface area contributed by atoms with Gasteiger partial charge in [0.2, 0.25) is 0 Å². The summed E-state index contributed by atoms with van der Waals surface area (Å²) >= 11 is 0.982.